The van der Waals surface area contributed by atoms with E-state index in [1.165, 1.54) is 6.92 Å². The maximum Gasteiger partial charge on any atom is 0.326 e. The average molecular weight is 592 g/mol. The maximum atomic E-state index is 12.9. The SMILES string of the molecule is CCCC(=O)N[C@@H](C=O)[C@@H](OC(C(N)=O)C(C)C(=O)NC(CCC(=O)NC(CC)C(=O)O)C(N)=O)[C@H](O)[C@H](O)CO. The van der Waals surface area contributed by atoms with Crippen LogP contribution in [0.3, 0.4) is 0 Å². The van der Waals surface area contributed by atoms with E-state index in [0.717, 1.165) is 6.92 Å². The molecule has 0 aliphatic rings. The van der Waals surface area contributed by atoms with Gasteiger partial charge in [-0.2, -0.15) is 0 Å². The van der Waals surface area contributed by atoms with Crippen LogP contribution >= 0.6 is 0 Å². The van der Waals surface area contributed by atoms with E-state index in [0.29, 0.717) is 6.42 Å². The van der Waals surface area contributed by atoms with E-state index in [-0.39, 0.29) is 25.5 Å². The van der Waals surface area contributed by atoms with Gasteiger partial charge in [0.15, 0.2) is 0 Å². The summed E-state index contributed by atoms with van der Waals surface area (Å²) in [5, 5.41) is 45.5. The minimum atomic E-state index is -2.04. The molecule has 0 saturated carbocycles. The first kappa shape index (κ1) is 37.3. The fourth-order valence-corrected chi connectivity index (χ4v) is 3.59. The van der Waals surface area contributed by atoms with E-state index >= 15 is 0 Å². The largest absolute Gasteiger partial charge is 0.480 e. The molecule has 0 saturated heterocycles. The number of nitrogens with one attached hydrogen (secondary N) is 3. The molecule has 0 rings (SSSR count). The van der Waals surface area contributed by atoms with E-state index in [1.807, 2.05) is 0 Å². The fraction of sp³-hybridized carbons (Fsp3) is 0.708. The summed E-state index contributed by atoms with van der Waals surface area (Å²) in [6.07, 6.45) is -7.78. The quantitative estimate of drug-likeness (QED) is 0.0574. The number of aldehydes is 1. The highest BCUT2D eigenvalue weighted by Crippen LogP contribution is 2.18. The van der Waals surface area contributed by atoms with Crippen LogP contribution in [0, 0.1) is 5.92 Å². The molecule has 17 heteroatoms. The summed E-state index contributed by atoms with van der Waals surface area (Å²) in [5.41, 5.74) is 10.7. The van der Waals surface area contributed by atoms with Crippen molar-refractivity contribution in [3.05, 3.63) is 0 Å². The Morgan fingerprint density at radius 3 is 1.93 bits per heavy atom. The summed E-state index contributed by atoms with van der Waals surface area (Å²) in [6.45, 7) is 3.37. The van der Waals surface area contributed by atoms with Crippen molar-refractivity contribution in [1.29, 1.82) is 0 Å². The summed E-state index contributed by atoms with van der Waals surface area (Å²) in [5.74, 6) is -7.48. The number of aliphatic carboxylic acids is 1. The first-order valence-electron chi connectivity index (χ1n) is 12.9. The highest BCUT2D eigenvalue weighted by Gasteiger charge is 2.41. The predicted molar refractivity (Wildman–Crippen MR) is 139 cm³/mol. The molecule has 0 spiro atoms. The van der Waals surface area contributed by atoms with Crippen LogP contribution in [0.15, 0.2) is 0 Å². The molecule has 0 aliphatic heterocycles. The monoisotopic (exact) mass is 591 g/mol. The Bertz CT molecular complexity index is 933. The third-order valence-corrected chi connectivity index (χ3v) is 6.04. The lowest BCUT2D eigenvalue weighted by Gasteiger charge is -2.34. The number of aliphatic hydroxyl groups is 3. The number of nitrogens with two attached hydrogens (primary N) is 2. The van der Waals surface area contributed by atoms with Crippen molar-refractivity contribution in [2.75, 3.05) is 6.61 Å². The van der Waals surface area contributed by atoms with Crippen LogP contribution in [0.4, 0.5) is 0 Å². The number of aliphatic hydroxyl groups excluding tert-OH is 3. The summed E-state index contributed by atoms with van der Waals surface area (Å²) in [7, 11) is 0. The Hall–Kier alpha value is -3.67. The van der Waals surface area contributed by atoms with Gasteiger partial charge in [-0.25, -0.2) is 4.79 Å². The second kappa shape index (κ2) is 18.6. The standard InChI is InChI=1S/C24H41N5O12/c1-4-6-16(33)28-14(9-30)20(18(35)15(32)10-31)41-19(22(26)37)11(3)23(38)29-13(21(25)36)7-8-17(34)27-12(5-2)24(39)40/h9,11-15,18-20,31-32,35H,4-8,10H2,1-3H3,(H2,25,36)(H2,26,37)(H,27,34)(H,28,33)(H,29,38)(H,39,40)/t11?,12?,13?,14-,15+,18+,19?,20+/m0/s1. The molecule has 0 bridgehead atoms. The number of carboxylic acid groups (broad SMARTS) is 1. The first-order chi connectivity index (χ1) is 19.1. The van der Waals surface area contributed by atoms with Gasteiger partial charge in [-0.1, -0.05) is 20.8 Å². The highest BCUT2D eigenvalue weighted by molar-refractivity contribution is 5.92. The van der Waals surface area contributed by atoms with Crippen LogP contribution in [-0.2, 0) is 38.3 Å². The predicted octanol–water partition coefficient (Wildman–Crippen LogP) is -4.21. The van der Waals surface area contributed by atoms with Gasteiger partial charge in [-0.3, -0.25) is 24.0 Å². The van der Waals surface area contributed by atoms with Crippen molar-refractivity contribution >= 4 is 41.8 Å². The molecule has 17 nitrogen and oxygen atoms in total. The Labute approximate surface area is 236 Å². The second-order valence-electron chi connectivity index (χ2n) is 9.30. The second-order valence-corrected chi connectivity index (χ2v) is 9.30. The normalized spacial score (nSPS) is 16.9. The molecule has 0 aromatic carbocycles. The van der Waals surface area contributed by atoms with Crippen molar-refractivity contribution in [1.82, 2.24) is 16.0 Å². The molecule has 234 valence electrons. The minimum absolute atomic E-state index is 0.0182. The lowest BCUT2D eigenvalue weighted by molar-refractivity contribution is -0.167. The molecular formula is C24H41N5O12. The number of primary amides is 2. The van der Waals surface area contributed by atoms with Crippen LogP contribution in [0.25, 0.3) is 0 Å². The number of carbonyl (C=O) groups excluding carboxylic acids is 6. The smallest absolute Gasteiger partial charge is 0.326 e. The molecule has 4 unspecified atom stereocenters. The van der Waals surface area contributed by atoms with Gasteiger partial charge in [0.2, 0.25) is 29.5 Å². The van der Waals surface area contributed by atoms with Crippen LogP contribution in [-0.4, -0.2) is 111 Å². The molecule has 41 heavy (non-hydrogen) atoms. The van der Waals surface area contributed by atoms with Crippen molar-refractivity contribution in [3.8, 4) is 0 Å². The van der Waals surface area contributed by atoms with Crippen molar-refractivity contribution < 1.29 is 58.7 Å². The third kappa shape index (κ3) is 12.6. The molecule has 11 N–H and O–H groups in total. The maximum absolute atomic E-state index is 12.9. The number of ether oxygens (including phenoxy) is 1. The molecule has 0 aromatic heterocycles. The van der Waals surface area contributed by atoms with E-state index in [2.05, 4.69) is 16.0 Å². The number of rotatable bonds is 21. The zero-order valence-corrected chi connectivity index (χ0v) is 23.1. The van der Waals surface area contributed by atoms with E-state index < -0.39 is 97.0 Å². The zero-order valence-electron chi connectivity index (χ0n) is 23.1. The molecule has 0 radical (unpaired) electrons. The van der Waals surface area contributed by atoms with Crippen molar-refractivity contribution in [2.45, 2.75) is 95.4 Å². The molecule has 8 atom stereocenters. The topological polar surface area (TPSA) is 298 Å². The van der Waals surface area contributed by atoms with Gasteiger partial charge in [0, 0.05) is 12.8 Å². The lowest BCUT2D eigenvalue weighted by atomic mass is 9.98. The number of amides is 5. The molecule has 0 fully saturated rings. The summed E-state index contributed by atoms with van der Waals surface area (Å²) in [4.78, 5) is 84.1. The zero-order chi connectivity index (χ0) is 31.9. The Balaban J connectivity index is 5.81. The lowest BCUT2D eigenvalue weighted by Crippen LogP contribution is -2.58. The van der Waals surface area contributed by atoms with Crippen molar-refractivity contribution in [3.63, 3.8) is 0 Å². The van der Waals surface area contributed by atoms with Crippen LogP contribution < -0.4 is 27.4 Å². The molecule has 0 aliphatic carbocycles. The van der Waals surface area contributed by atoms with Gasteiger partial charge in [0.25, 0.3) is 0 Å². The van der Waals surface area contributed by atoms with E-state index in [1.54, 1.807) is 6.92 Å². The number of hydrogen-bond acceptors (Lipinski definition) is 11. The van der Waals surface area contributed by atoms with Crippen LogP contribution in [0.1, 0.15) is 52.9 Å². The third-order valence-electron chi connectivity index (χ3n) is 6.04. The number of carboxylic acids is 1. The molecular weight excluding hydrogens is 550 g/mol. The summed E-state index contributed by atoms with van der Waals surface area (Å²) >= 11 is 0. The van der Waals surface area contributed by atoms with Gasteiger partial charge in [0.1, 0.15) is 48.8 Å². The van der Waals surface area contributed by atoms with Gasteiger partial charge < -0.3 is 57.4 Å². The van der Waals surface area contributed by atoms with Crippen LogP contribution in [0.5, 0.6) is 0 Å². The minimum Gasteiger partial charge on any atom is -0.480 e. The first-order valence-corrected chi connectivity index (χ1v) is 12.9. The van der Waals surface area contributed by atoms with E-state index in [4.69, 9.17) is 21.3 Å². The fourth-order valence-electron chi connectivity index (χ4n) is 3.59. The molecule has 0 heterocycles. The highest BCUT2D eigenvalue weighted by atomic mass is 16.5. The summed E-state index contributed by atoms with van der Waals surface area (Å²) in [6, 6.07) is -4.24. The van der Waals surface area contributed by atoms with Gasteiger partial charge in [0.05, 0.1) is 12.5 Å². The van der Waals surface area contributed by atoms with Crippen LogP contribution in [0.2, 0.25) is 0 Å². The Morgan fingerprint density at radius 1 is 0.902 bits per heavy atom. The van der Waals surface area contributed by atoms with E-state index in [9.17, 15) is 48.9 Å². The number of hydrogen-bond donors (Lipinski definition) is 9. The Kier molecular flexibility index (Phi) is 17.0. The van der Waals surface area contributed by atoms with Gasteiger partial charge in [-0.05, 0) is 19.3 Å². The molecule has 0 aromatic rings. The van der Waals surface area contributed by atoms with Crippen molar-refractivity contribution in [2.24, 2.45) is 17.4 Å². The van der Waals surface area contributed by atoms with Gasteiger partial charge >= 0.3 is 5.97 Å². The van der Waals surface area contributed by atoms with Gasteiger partial charge in [-0.15, -0.1) is 0 Å². The molecule has 5 amide bonds. The summed E-state index contributed by atoms with van der Waals surface area (Å²) < 4.78 is 5.49. The average Bonchev–Trinajstić information content (AvgIpc) is 2.91. The number of carbonyl (C=O) groups is 7. The Morgan fingerprint density at radius 2 is 1.49 bits per heavy atom.